The Hall–Kier alpha value is -5.18. The van der Waals surface area contributed by atoms with Gasteiger partial charge in [-0.3, -0.25) is 13.7 Å². The smallest absolute Gasteiger partial charge is 0.406 e. The van der Waals surface area contributed by atoms with E-state index in [2.05, 4.69) is 0 Å². The highest BCUT2D eigenvalue weighted by atomic mass is 32.2. The number of benzene rings is 5. The van der Waals surface area contributed by atoms with E-state index in [9.17, 15) is 34.4 Å². The first kappa shape index (κ1) is 37.1. The van der Waals surface area contributed by atoms with Crippen molar-refractivity contribution in [3.05, 3.63) is 126 Å². The van der Waals surface area contributed by atoms with Gasteiger partial charge < -0.3 is 20.9 Å². The van der Waals surface area contributed by atoms with E-state index in [1.165, 1.54) is 24.3 Å². The summed E-state index contributed by atoms with van der Waals surface area (Å²) in [7, 11) is -15.0. The SMILES string of the molecule is Nc1ccc(C(c2ccc(N)cc2)(c2ccc(Oc3ccc(Oc4ccc(S(=O)(=O)O)cc4)c(S(=O)(=O)O)c3)c(S(=O)(=O)O)c2)C(F)(F)F)cc1. The fourth-order valence-corrected chi connectivity index (χ4v) is 7.00. The maximum Gasteiger partial charge on any atom is 0.406 e. The molecule has 5 rings (SSSR count). The maximum atomic E-state index is 15.5. The van der Waals surface area contributed by atoms with Crippen molar-refractivity contribution >= 4 is 41.7 Å². The molecule has 268 valence electrons. The Bertz CT molecular complexity index is 2390. The van der Waals surface area contributed by atoms with Gasteiger partial charge in [0.1, 0.15) is 38.2 Å². The van der Waals surface area contributed by atoms with Crippen LogP contribution < -0.4 is 20.9 Å². The minimum Gasteiger partial charge on any atom is -0.456 e. The van der Waals surface area contributed by atoms with Crippen molar-refractivity contribution in [1.29, 1.82) is 0 Å². The molecule has 5 aromatic rings. The predicted octanol–water partition coefficient (Wildman–Crippen LogP) is 6.07. The van der Waals surface area contributed by atoms with Crippen molar-refractivity contribution in [3.63, 3.8) is 0 Å². The first-order valence-corrected chi connectivity index (χ1v) is 18.4. The topological polar surface area (TPSA) is 234 Å². The van der Waals surface area contributed by atoms with E-state index in [0.29, 0.717) is 12.1 Å². The molecule has 51 heavy (non-hydrogen) atoms. The lowest BCUT2D eigenvalue weighted by atomic mass is 9.68. The van der Waals surface area contributed by atoms with Gasteiger partial charge in [-0.1, -0.05) is 30.3 Å². The van der Waals surface area contributed by atoms with Crippen LogP contribution in [0.5, 0.6) is 23.0 Å². The average Bonchev–Trinajstić information content (AvgIpc) is 3.02. The van der Waals surface area contributed by atoms with Crippen molar-refractivity contribution < 1.29 is 61.6 Å². The lowest BCUT2D eigenvalue weighted by Crippen LogP contribution is -2.44. The van der Waals surface area contributed by atoms with Crippen molar-refractivity contribution in [3.8, 4) is 23.0 Å². The van der Waals surface area contributed by atoms with Crippen LogP contribution >= 0.6 is 0 Å². The summed E-state index contributed by atoms with van der Waals surface area (Å²) in [5, 5.41) is 0. The Morgan fingerprint density at radius 2 is 0.882 bits per heavy atom. The molecule has 0 saturated heterocycles. The first-order valence-electron chi connectivity index (χ1n) is 14.1. The number of halogens is 3. The lowest BCUT2D eigenvalue weighted by Gasteiger charge is -2.38. The standard InChI is InChI=1S/C32H25F3N2O11S3/c33-32(34,35)31(19-1-6-22(36)7-2-19,20-3-8-23(37)9-4-20)21-5-15-27(29(17-21)50(41,42)43)48-25-12-16-28(30(18-25)51(44,45)46)47-24-10-13-26(14-11-24)49(38,39)40/h1-18H,36-37H2,(H,38,39,40)(H,41,42,43)(H,44,45,46). The second-order valence-electron chi connectivity index (χ2n) is 10.9. The molecule has 0 aliphatic rings. The number of anilines is 2. The molecule has 0 radical (unpaired) electrons. The number of hydrogen-bond donors (Lipinski definition) is 5. The van der Waals surface area contributed by atoms with Crippen LogP contribution in [0, 0.1) is 0 Å². The average molecular weight is 767 g/mol. The van der Waals surface area contributed by atoms with Crippen LogP contribution in [-0.4, -0.2) is 45.1 Å². The third kappa shape index (κ3) is 7.62. The van der Waals surface area contributed by atoms with Crippen LogP contribution in [0.15, 0.2) is 124 Å². The zero-order chi connectivity index (χ0) is 37.6. The Balaban J connectivity index is 1.64. The van der Waals surface area contributed by atoms with Crippen LogP contribution in [-0.2, 0) is 35.8 Å². The lowest BCUT2D eigenvalue weighted by molar-refractivity contribution is -0.166. The number of ether oxygens (including phenoxy) is 2. The zero-order valence-electron chi connectivity index (χ0n) is 25.5. The number of nitrogens with two attached hydrogens (primary N) is 2. The van der Waals surface area contributed by atoms with Gasteiger partial charge >= 0.3 is 6.18 Å². The predicted molar refractivity (Wildman–Crippen MR) is 177 cm³/mol. The van der Waals surface area contributed by atoms with Crippen molar-refractivity contribution in [2.24, 2.45) is 0 Å². The second kappa shape index (κ2) is 13.2. The molecule has 0 bridgehead atoms. The maximum absolute atomic E-state index is 15.5. The highest BCUT2D eigenvalue weighted by molar-refractivity contribution is 7.86. The molecule has 0 fully saturated rings. The number of alkyl halides is 3. The van der Waals surface area contributed by atoms with Crippen molar-refractivity contribution in [2.45, 2.75) is 26.3 Å². The Morgan fingerprint density at radius 1 is 0.490 bits per heavy atom. The monoisotopic (exact) mass is 766 g/mol. The largest absolute Gasteiger partial charge is 0.456 e. The summed E-state index contributed by atoms with van der Waals surface area (Å²) in [6, 6.07) is 18.4. The molecule has 13 nitrogen and oxygen atoms in total. The summed E-state index contributed by atoms with van der Waals surface area (Å²) in [5.41, 5.74) is 7.30. The van der Waals surface area contributed by atoms with Crippen molar-refractivity contribution in [2.75, 3.05) is 11.5 Å². The van der Waals surface area contributed by atoms with Gasteiger partial charge in [0.15, 0.2) is 0 Å². The Morgan fingerprint density at radius 3 is 1.31 bits per heavy atom. The quantitative estimate of drug-likeness (QED) is 0.0617. The van der Waals surface area contributed by atoms with Crippen LogP contribution in [0.2, 0.25) is 0 Å². The molecule has 0 atom stereocenters. The number of hydrogen-bond acceptors (Lipinski definition) is 10. The number of nitrogen functional groups attached to an aromatic ring is 2. The molecule has 0 amide bonds. The molecular formula is C32H25F3N2O11S3. The molecule has 0 aliphatic heterocycles. The Kier molecular flexibility index (Phi) is 9.58. The van der Waals surface area contributed by atoms with E-state index in [4.69, 9.17) is 25.5 Å². The summed E-state index contributed by atoms with van der Waals surface area (Å²) < 4.78 is 159. The molecule has 0 heterocycles. The molecule has 19 heteroatoms. The van der Waals surface area contributed by atoms with Gasteiger partial charge in [0, 0.05) is 17.4 Å². The number of rotatable bonds is 10. The highest BCUT2D eigenvalue weighted by Crippen LogP contribution is 2.52. The van der Waals surface area contributed by atoms with Gasteiger partial charge in [-0.25, -0.2) is 0 Å². The molecule has 5 aromatic carbocycles. The summed E-state index contributed by atoms with van der Waals surface area (Å²) in [6.07, 6.45) is -5.15. The van der Waals surface area contributed by atoms with Crippen LogP contribution in [0.25, 0.3) is 0 Å². The molecule has 0 aromatic heterocycles. The van der Waals surface area contributed by atoms with Gasteiger partial charge in [-0.2, -0.15) is 38.4 Å². The summed E-state index contributed by atoms with van der Waals surface area (Å²) >= 11 is 0. The molecular weight excluding hydrogens is 742 g/mol. The van der Waals surface area contributed by atoms with Gasteiger partial charge in [0.25, 0.3) is 30.4 Å². The van der Waals surface area contributed by atoms with Gasteiger partial charge in [0.05, 0.1) is 4.90 Å². The molecule has 0 saturated carbocycles. The minimum absolute atomic E-state index is 0.138. The zero-order valence-corrected chi connectivity index (χ0v) is 28.0. The normalized spacial score (nSPS) is 12.7. The van der Waals surface area contributed by atoms with E-state index in [1.54, 1.807) is 0 Å². The minimum atomic E-state index is -5.35. The fourth-order valence-electron chi connectivity index (χ4n) is 5.26. The van der Waals surface area contributed by atoms with E-state index < -0.39 is 79.4 Å². The van der Waals surface area contributed by atoms with Crippen LogP contribution in [0.1, 0.15) is 16.7 Å². The van der Waals surface area contributed by atoms with Crippen LogP contribution in [0.4, 0.5) is 24.5 Å². The first-order chi connectivity index (χ1) is 23.6. The van der Waals surface area contributed by atoms with Gasteiger partial charge in [-0.05, 0) is 89.5 Å². The third-order valence-electron chi connectivity index (χ3n) is 7.54. The fraction of sp³-hybridized carbons (Fsp3) is 0.0625. The molecule has 0 aliphatic carbocycles. The summed E-state index contributed by atoms with van der Waals surface area (Å²) in [5.74, 6) is -1.87. The second-order valence-corrected chi connectivity index (χ2v) is 15.1. The van der Waals surface area contributed by atoms with Gasteiger partial charge in [-0.15, -0.1) is 0 Å². The van der Waals surface area contributed by atoms with Crippen LogP contribution in [0.3, 0.4) is 0 Å². The molecule has 0 unspecified atom stereocenters. The Labute approximate surface area is 289 Å². The molecule has 0 spiro atoms. The highest BCUT2D eigenvalue weighted by Gasteiger charge is 2.58. The summed E-state index contributed by atoms with van der Waals surface area (Å²) in [4.78, 5) is -2.55. The van der Waals surface area contributed by atoms with Crippen molar-refractivity contribution in [1.82, 2.24) is 0 Å². The van der Waals surface area contributed by atoms with E-state index in [-0.39, 0.29) is 28.3 Å². The third-order valence-corrected chi connectivity index (χ3v) is 10.2. The van der Waals surface area contributed by atoms with E-state index >= 15 is 13.2 Å². The van der Waals surface area contributed by atoms with E-state index in [0.717, 1.165) is 72.8 Å². The van der Waals surface area contributed by atoms with E-state index in [1.807, 2.05) is 0 Å². The van der Waals surface area contributed by atoms with Gasteiger partial charge in [0.2, 0.25) is 0 Å². The molecule has 7 N–H and O–H groups in total. The summed E-state index contributed by atoms with van der Waals surface area (Å²) in [6.45, 7) is 0.